The van der Waals surface area contributed by atoms with E-state index >= 15 is 0 Å². The third-order valence-corrected chi connectivity index (χ3v) is 1.96. The van der Waals surface area contributed by atoms with Gasteiger partial charge in [0.1, 0.15) is 5.82 Å². The maximum absolute atomic E-state index is 13.3. The van der Waals surface area contributed by atoms with Crippen LogP contribution in [0, 0.1) is 5.82 Å². The lowest BCUT2D eigenvalue weighted by atomic mass is 10.1. The van der Waals surface area contributed by atoms with E-state index in [0.717, 1.165) is 0 Å². The number of aromatic nitrogens is 2. The summed E-state index contributed by atoms with van der Waals surface area (Å²) < 4.78 is 13.3. The summed E-state index contributed by atoms with van der Waals surface area (Å²) in [5.41, 5.74) is 3.26. The van der Waals surface area contributed by atoms with Crippen molar-refractivity contribution in [2.45, 2.75) is 0 Å². The van der Waals surface area contributed by atoms with Crippen molar-refractivity contribution < 1.29 is 4.39 Å². The van der Waals surface area contributed by atoms with Crippen LogP contribution in [-0.4, -0.2) is 10.2 Å². The SMILES string of the molecule is NNc1ccc(-c2ccccc2F)nn1. The van der Waals surface area contributed by atoms with Crippen LogP contribution >= 0.6 is 0 Å². The molecule has 0 aliphatic heterocycles. The van der Waals surface area contributed by atoms with Crippen molar-refractivity contribution in [3.05, 3.63) is 42.2 Å². The number of anilines is 1. The topological polar surface area (TPSA) is 63.8 Å². The van der Waals surface area contributed by atoms with E-state index in [9.17, 15) is 4.39 Å². The fraction of sp³-hybridized carbons (Fsp3) is 0. The van der Waals surface area contributed by atoms with Gasteiger partial charge in [0.15, 0.2) is 5.82 Å². The zero-order chi connectivity index (χ0) is 10.7. The average Bonchev–Trinajstić information content (AvgIpc) is 2.30. The Balaban J connectivity index is 2.42. The van der Waals surface area contributed by atoms with E-state index in [2.05, 4.69) is 15.6 Å². The summed E-state index contributed by atoms with van der Waals surface area (Å²) in [4.78, 5) is 0. The van der Waals surface area contributed by atoms with Gasteiger partial charge in [-0.1, -0.05) is 12.1 Å². The molecule has 1 aromatic carbocycles. The van der Waals surface area contributed by atoms with Gasteiger partial charge in [-0.15, -0.1) is 10.2 Å². The minimum absolute atomic E-state index is 0.319. The molecule has 2 aromatic rings. The first-order chi connectivity index (χ1) is 7.31. The Morgan fingerprint density at radius 3 is 2.47 bits per heavy atom. The van der Waals surface area contributed by atoms with Gasteiger partial charge in [0.25, 0.3) is 0 Å². The highest BCUT2D eigenvalue weighted by atomic mass is 19.1. The highest BCUT2D eigenvalue weighted by Gasteiger charge is 2.05. The van der Waals surface area contributed by atoms with Crippen LogP contribution in [0.15, 0.2) is 36.4 Å². The second kappa shape index (κ2) is 4.02. The second-order valence-electron chi connectivity index (χ2n) is 2.93. The fourth-order valence-electron chi connectivity index (χ4n) is 1.22. The van der Waals surface area contributed by atoms with Crippen molar-refractivity contribution in [2.24, 2.45) is 5.84 Å². The highest BCUT2D eigenvalue weighted by Crippen LogP contribution is 2.19. The Morgan fingerprint density at radius 1 is 1.07 bits per heavy atom. The van der Waals surface area contributed by atoms with Crippen molar-refractivity contribution in [1.82, 2.24) is 10.2 Å². The first-order valence-corrected chi connectivity index (χ1v) is 4.36. The lowest BCUT2D eigenvalue weighted by molar-refractivity contribution is 0.630. The average molecular weight is 204 g/mol. The van der Waals surface area contributed by atoms with E-state index in [1.54, 1.807) is 30.3 Å². The first-order valence-electron chi connectivity index (χ1n) is 4.36. The Kier molecular flexibility index (Phi) is 2.55. The summed E-state index contributed by atoms with van der Waals surface area (Å²) in [6.45, 7) is 0. The number of benzene rings is 1. The van der Waals surface area contributed by atoms with E-state index in [0.29, 0.717) is 17.1 Å². The summed E-state index contributed by atoms with van der Waals surface area (Å²) >= 11 is 0. The van der Waals surface area contributed by atoms with Gasteiger partial charge >= 0.3 is 0 Å². The molecular formula is C10H9FN4. The van der Waals surface area contributed by atoms with Crippen LogP contribution in [0.3, 0.4) is 0 Å². The Hall–Kier alpha value is -2.01. The van der Waals surface area contributed by atoms with E-state index in [1.807, 2.05) is 0 Å². The van der Waals surface area contributed by atoms with Gasteiger partial charge in [-0.05, 0) is 24.3 Å². The molecular weight excluding hydrogens is 195 g/mol. The van der Waals surface area contributed by atoms with Crippen molar-refractivity contribution in [3.8, 4) is 11.3 Å². The molecule has 0 saturated heterocycles. The Bertz CT molecular complexity index is 455. The van der Waals surface area contributed by atoms with Crippen LogP contribution in [-0.2, 0) is 0 Å². The summed E-state index contributed by atoms with van der Waals surface area (Å²) in [6, 6.07) is 9.69. The summed E-state index contributed by atoms with van der Waals surface area (Å²) in [5, 5.41) is 7.61. The highest BCUT2D eigenvalue weighted by molar-refractivity contribution is 5.60. The van der Waals surface area contributed by atoms with Gasteiger partial charge in [-0.2, -0.15) is 0 Å². The van der Waals surface area contributed by atoms with Crippen LogP contribution in [0.1, 0.15) is 0 Å². The number of hydrogen-bond donors (Lipinski definition) is 2. The molecule has 0 spiro atoms. The molecule has 0 radical (unpaired) electrons. The first kappa shape index (κ1) is 9.54. The van der Waals surface area contributed by atoms with Crippen molar-refractivity contribution in [1.29, 1.82) is 0 Å². The van der Waals surface area contributed by atoms with Gasteiger partial charge in [-0.25, -0.2) is 10.2 Å². The van der Waals surface area contributed by atoms with E-state index < -0.39 is 0 Å². The molecule has 15 heavy (non-hydrogen) atoms. The molecule has 0 amide bonds. The number of halogens is 1. The second-order valence-corrected chi connectivity index (χ2v) is 2.93. The van der Waals surface area contributed by atoms with Crippen LogP contribution in [0.25, 0.3) is 11.3 Å². The normalized spacial score (nSPS) is 10.0. The van der Waals surface area contributed by atoms with Gasteiger partial charge in [0.2, 0.25) is 0 Å². The predicted molar refractivity (Wildman–Crippen MR) is 55.2 cm³/mol. The zero-order valence-corrected chi connectivity index (χ0v) is 7.81. The fourth-order valence-corrected chi connectivity index (χ4v) is 1.22. The molecule has 0 fully saturated rings. The molecule has 5 heteroatoms. The molecule has 0 bridgehead atoms. The van der Waals surface area contributed by atoms with E-state index in [1.165, 1.54) is 6.07 Å². The predicted octanol–water partition coefficient (Wildman–Crippen LogP) is 1.57. The number of rotatable bonds is 2. The smallest absolute Gasteiger partial charge is 0.162 e. The standard InChI is InChI=1S/C10H9FN4/c11-8-4-2-1-3-7(8)9-5-6-10(13-12)15-14-9/h1-6H,12H2,(H,13,15). The zero-order valence-electron chi connectivity index (χ0n) is 7.81. The van der Waals surface area contributed by atoms with E-state index in [-0.39, 0.29) is 5.82 Å². The minimum atomic E-state index is -0.319. The number of nitrogens with two attached hydrogens (primary N) is 1. The molecule has 76 valence electrons. The Morgan fingerprint density at radius 2 is 1.87 bits per heavy atom. The number of hydrazine groups is 1. The molecule has 0 atom stereocenters. The summed E-state index contributed by atoms with van der Waals surface area (Å²) in [5.74, 6) is 5.26. The maximum Gasteiger partial charge on any atom is 0.162 e. The summed E-state index contributed by atoms with van der Waals surface area (Å²) in [6.07, 6.45) is 0. The summed E-state index contributed by atoms with van der Waals surface area (Å²) in [7, 11) is 0. The largest absolute Gasteiger partial charge is 0.307 e. The molecule has 2 rings (SSSR count). The van der Waals surface area contributed by atoms with Gasteiger partial charge in [0, 0.05) is 5.56 Å². The molecule has 4 nitrogen and oxygen atoms in total. The minimum Gasteiger partial charge on any atom is -0.307 e. The van der Waals surface area contributed by atoms with Gasteiger partial charge in [-0.3, -0.25) is 0 Å². The lowest BCUT2D eigenvalue weighted by Gasteiger charge is -2.02. The van der Waals surface area contributed by atoms with Crippen LogP contribution in [0.5, 0.6) is 0 Å². The third-order valence-electron chi connectivity index (χ3n) is 1.96. The number of nitrogens with zero attached hydrogens (tertiary/aromatic N) is 2. The molecule has 1 aromatic heterocycles. The molecule has 0 aliphatic rings. The monoisotopic (exact) mass is 204 g/mol. The molecule has 0 unspecified atom stereocenters. The van der Waals surface area contributed by atoms with Gasteiger partial charge in [0.05, 0.1) is 5.69 Å². The van der Waals surface area contributed by atoms with Crippen LogP contribution in [0.4, 0.5) is 10.2 Å². The molecule has 3 N–H and O–H groups in total. The number of hydrogen-bond acceptors (Lipinski definition) is 4. The Labute approximate surface area is 85.9 Å². The van der Waals surface area contributed by atoms with Crippen molar-refractivity contribution >= 4 is 5.82 Å². The van der Waals surface area contributed by atoms with Crippen LogP contribution < -0.4 is 11.3 Å². The third kappa shape index (κ3) is 1.92. The van der Waals surface area contributed by atoms with E-state index in [4.69, 9.17) is 5.84 Å². The van der Waals surface area contributed by atoms with Crippen molar-refractivity contribution in [3.63, 3.8) is 0 Å². The van der Waals surface area contributed by atoms with Crippen LogP contribution in [0.2, 0.25) is 0 Å². The van der Waals surface area contributed by atoms with Gasteiger partial charge < -0.3 is 5.43 Å². The number of nitrogens with one attached hydrogen (secondary N) is 1. The quantitative estimate of drug-likeness (QED) is 0.575. The number of nitrogen functional groups attached to an aromatic ring is 1. The van der Waals surface area contributed by atoms with Crippen molar-refractivity contribution in [2.75, 3.05) is 5.43 Å². The molecule has 1 heterocycles. The molecule has 0 aliphatic carbocycles. The maximum atomic E-state index is 13.3. The lowest BCUT2D eigenvalue weighted by Crippen LogP contribution is -2.09. The molecule has 0 saturated carbocycles.